The Labute approximate surface area is 125 Å². The van der Waals surface area contributed by atoms with E-state index in [4.69, 9.17) is 4.74 Å². The van der Waals surface area contributed by atoms with E-state index in [1.807, 2.05) is 6.07 Å². The first-order valence-corrected chi connectivity index (χ1v) is 7.60. The Morgan fingerprint density at radius 1 is 1.43 bits per heavy atom. The molecule has 1 fully saturated rings. The Kier molecular flexibility index (Phi) is 5.99. The highest BCUT2D eigenvalue weighted by atomic mass is 19.1. The molecule has 5 heteroatoms. The average molecular weight is 294 g/mol. The highest BCUT2D eigenvalue weighted by Crippen LogP contribution is 2.20. The molecular weight excluding hydrogens is 271 g/mol. The van der Waals surface area contributed by atoms with Gasteiger partial charge in [-0.1, -0.05) is 13.0 Å². The van der Waals surface area contributed by atoms with E-state index in [-0.39, 0.29) is 30.5 Å². The molecule has 0 aromatic heterocycles. The quantitative estimate of drug-likeness (QED) is 0.688. The molecule has 0 heterocycles. The second-order valence-electron chi connectivity index (χ2n) is 5.38. The Bertz CT molecular complexity index is 475. The topological polar surface area (TPSA) is 50.4 Å². The number of carbonyl (C=O) groups is 1. The van der Waals surface area contributed by atoms with Crippen molar-refractivity contribution in [3.05, 3.63) is 29.6 Å². The molecule has 1 amide bonds. The van der Waals surface area contributed by atoms with Gasteiger partial charge in [0, 0.05) is 12.6 Å². The fourth-order valence-corrected chi connectivity index (χ4v) is 1.96. The van der Waals surface area contributed by atoms with Gasteiger partial charge >= 0.3 is 0 Å². The maximum atomic E-state index is 13.9. The molecule has 2 N–H and O–H groups in total. The number of hydrogen-bond donors (Lipinski definition) is 2. The van der Waals surface area contributed by atoms with Gasteiger partial charge in [-0.2, -0.15) is 0 Å². The number of ether oxygens (including phenoxy) is 1. The van der Waals surface area contributed by atoms with E-state index in [1.54, 1.807) is 6.07 Å². The lowest BCUT2D eigenvalue weighted by Gasteiger charge is -2.09. The average Bonchev–Trinajstić information content (AvgIpc) is 3.25. The van der Waals surface area contributed by atoms with Crippen molar-refractivity contribution in [1.29, 1.82) is 0 Å². The van der Waals surface area contributed by atoms with Gasteiger partial charge < -0.3 is 15.4 Å². The molecule has 1 aliphatic carbocycles. The largest absolute Gasteiger partial charge is 0.490 e. The van der Waals surface area contributed by atoms with Gasteiger partial charge in [0.15, 0.2) is 11.6 Å². The smallest absolute Gasteiger partial charge is 0.223 e. The lowest BCUT2D eigenvalue weighted by atomic mass is 10.2. The van der Waals surface area contributed by atoms with Crippen molar-refractivity contribution in [3.8, 4) is 5.75 Å². The van der Waals surface area contributed by atoms with E-state index in [9.17, 15) is 9.18 Å². The summed E-state index contributed by atoms with van der Waals surface area (Å²) < 4.78 is 19.2. The van der Waals surface area contributed by atoms with Crippen molar-refractivity contribution in [2.45, 2.75) is 45.2 Å². The summed E-state index contributed by atoms with van der Waals surface area (Å²) in [6, 6.07) is 5.29. The van der Waals surface area contributed by atoms with Gasteiger partial charge in [-0.3, -0.25) is 4.79 Å². The fourth-order valence-electron chi connectivity index (χ4n) is 1.96. The Morgan fingerprint density at radius 3 is 2.90 bits per heavy atom. The SMILES string of the molecule is CCCNCc1ccc(OCCC(=O)NC2CC2)c(F)c1. The van der Waals surface area contributed by atoms with Gasteiger partial charge in [-0.15, -0.1) is 0 Å². The van der Waals surface area contributed by atoms with E-state index in [0.717, 1.165) is 31.4 Å². The lowest BCUT2D eigenvalue weighted by Crippen LogP contribution is -2.26. The van der Waals surface area contributed by atoms with Gasteiger partial charge in [-0.25, -0.2) is 4.39 Å². The summed E-state index contributed by atoms with van der Waals surface area (Å²) in [6.45, 7) is 3.84. The maximum absolute atomic E-state index is 13.9. The first kappa shape index (κ1) is 15.8. The third-order valence-corrected chi connectivity index (χ3v) is 3.28. The first-order valence-electron chi connectivity index (χ1n) is 7.60. The monoisotopic (exact) mass is 294 g/mol. The minimum Gasteiger partial charge on any atom is -0.490 e. The third-order valence-electron chi connectivity index (χ3n) is 3.28. The zero-order valence-corrected chi connectivity index (χ0v) is 12.5. The van der Waals surface area contributed by atoms with E-state index >= 15 is 0 Å². The van der Waals surface area contributed by atoms with E-state index in [0.29, 0.717) is 12.6 Å². The minimum atomic E-state index is -0.381. The minimum absolute atomic E-state index is 0.0294. The predicted octanol–water partition coefficient (Wildman–Crippen LogP) is 2.37. The van der Waals surface area contributed by atoms with Gasteiger partial charge in [0.1, 0.15) is 0 Å². The van der Waals surface area contributed by atoms with Crippen LogP contribution in [0.4, 0.5) is 4.39 Å². The number of benzene rings is 1. The summed E-state index contributed by atoms with van der Waals surface area (Å²) in [5.74, 6) is -0.208. The number of nitrogens with one attached hydrogen (secondary N) is 2. The molecule has 0 bridgehead atoms. The molecule has 0 spiro atoms. The normalized spacial score (nSPS) is 14.0. The van der Waals surface area contributed by atoms with E-state index < -0.39 is 0 Å². The molecule has 2 rings (SSSR count). The molecule has 1 saturated carbocycles. The molecular formula is C16H23FN2O2. The van der Waals surface area contributed by atoms with Gasteiger partial charge in [0.05, 0.1) is 13.0 Å². The Morgan fingerprint density at radius 2 is 2.24 bits per heavy atom. The zero-order chi connectivity index (χ0) is 15.1. The van der Waals surface area contributed by atoms with Crippen LogP contribution in [0.2, 0.25) is 0 Å². The van der Waals surface area contributed by atoms with Crippen LogP contribution in [0.15, 0.2) is 18.2 Å². The van der Waals surface area contributed by atoms with Crippen molar-refractivity contribution in [3.63, 3.8) is 0 Å². The molecule has 1 aromatic carbocycles. The fraction of sp³-hybridized carbons (Fsp3) is 0.562. The molecule has 0 radical (unpaired) electrons. The molecule has 1 aliphatic rings. The van der Waals surface area contributed by atoms with Crippen molar-refractivity contribution in [2.24, 2.45) is 0 Å². The molecule has 4 nitrogen and oxygen atoms in total. The van der Waals surface area contributed by atoms with Crippen molar-refractivity contribution in [1.82, 2.24) is 10.6 Å². The highest BCUT2D eigenvalue weighted by molar-refractivity contribution is 5.76. The molecule has 116 valence electrons. The maximum Gasteiger partial charge on any atom is 0.223 e. The summed E-state index contributed by atoms with van der Waals surface area (Å²) in [6.07, 6.45) is 3.44. The lowest BCUT2D eigenvalue weighted by molar-refractivity contribution is -0.121. The summed E-state index contributed by atoms with van der Waals surface area (Å²) >= 11 is 0. The summed E-state index contributed by atoms with van der Waals surface area (Å²) in [5.41, 5.74) is 0.889. The van der Waals surface area contributed by atoms with Crippen LogP contribution in [0.1, 0.15) is 38.2 Å². The molecule has 0 aliphatic heterocycles. The summed E-state index contributed by atoms with van der Waals surface area (Å²) in [7, 11) is 0. The van der Waals surface area contributed by atoms with Crippen LogP contribution in [-0.4, -0.2) is 25.1 Å². The second-order valence-corrected chi connectivity index (χ2v) is 5.38. The van der Waals surface area contributed by atoms with Gasteiger partial charge in [0.25, 0.3) is 0 Å². The number of amides is 1. The summed E-state index contributed by atoms with van der Waals surface area (Å²) in [5, 5.41) is 6.09. The standard InChI is InChI=1S/C16H23FN2O2/c1-2-8-18-11-12-3-6-15(14(17)10-12)21-9-7-16(20)19-13-4-5-13/h3,6,10,13,18H,2,4-5,7-9,11H2,1H3,(H,19,20). The molecule has 1 aromatic rings. The molecule has 0 unspecified atom stereocenters. The van der Waals surface area contributed by atoms with Gasteiger partial charge in [0.2, 0.25) is 5.91 Å². The molecule has 0 saturated heterocycles. The molecule has 21 heavy (non-hydrogen) atoms. The van der Waals surface area contributed by atoms with Crippen LogP contribution < -0.4 is 15.4 Å². The Balaban J connectivity index is 1.73. The van der Waals surface area contributed by atoms with Crippen LogP contribution in [0.3, 0.4) is 0 Å². The number of hydrogen-bond acceptors (Lipinski definition) is 3. The second kappa shape index (κ2) is 7.98. The number of carbonyl (C=O) groups excluding carboxylic acids is 1. The van der Waals surface area contributed by atoms with E-state index in [1.165, 1.54) is 6.07 Å². The number of halogens is 1. The zero-order valence-electron chi connectivity index (χ0n) is 12.5. The number of rotatable bonds is 9. The van der Waals surface area contributed by atoms with Crippen LogP contribution in [0, 0.1) is 5.82 Å². The van der Waals surface area contributed by atoms with Crippen LogP contribution >= 0.6 is 0 Å². The van der Waals surface area contributed by atoms with Gasteiger partial charge in [-0.05, 0) is 43.5 Å². The van der Waals surface area contributed by atoms with Crippen molar-refractivity contribution >= 4 is 5.91 Å². The Hall–Kier alpha value is -1.62. The van der Waals surface area contributed by atoms with Crippen LogP contribution in [0.5, 0.6) is 5.75 Å². The predicted molar refractivity (Wildman–Crippen MR) is 79.7 cm³/mol. The molecule has 0 atom stereocenters. The van der Waals surface area contributed by atoms with Crippen molar-refractivity contribution in [2.75, 3.05) is 13.2 Å². The first-order chi connectivity index (χ1) is 10.2. The summed E-state index contributed by atoms with van der Waals surface area (Å²) in [4.78, 5) is 11.5. The van der Waals surface area contributed by atoms with Crippen LogP contribution in [-0.2, 0) is 11.3 Å². The van der Waals surface area contributed by atoms with E-state index in [2.05, 4.69) is 17.6 Å². The highest BCUT2D eigenvalue weighted by Gasteiger charge is 2.22. The van der Waals surface area contributed by atoms with Crippen molar-refractivity contribution < 1.29 is 13.9 Å². The third kappa shape index (κ3) is 5.71. The van der Waals surface area contributed by atoms with Crippen LogP contribution in [0.25, 0.3) is 0 Å².